The van der Waals surface area contributed by atoms with Crippen molar-refractivity contribution >= 4 is 28.8 Å². The van der Waals surface area contributed by atoms with E-state index in [9.17, 15) is 9.90 Å². The number of anilines is 2. The number of nitrogens with zero attached hydrogens (tertiary/aromatic N) is 7. The molecule has 224 valence electrons. The molecule has 4 bridgehead atoms. The van der Waals surface area contributed by atoms with Crippen LogP contribution in [0.5, 0.6) is 0 Å². The highest BCUT2D eigenvalue weighted by molar-refractivity contribution is 6.06. The third kappa shape index (κ3) is 4.53. The lowest BCUT2D eigenvalue weighted by Gasteiger charge is -2.48. The highest BCUT2D eigenvalue weighted by Crippen LogP contribution is 2.58. The summed E-state index contributed by atoms with van der Waals surface area (Å²) in [5.41, 5.74) is 3.36. The van der Waals surface area contributed by atoms with Gasteiger partial charge in [-0.25, -0.2) is 29.1 Å². The van der Waals surface area contributed by atoms with E-state index in [1.807, 2.05) is 6.92 Å². The fourth-order valence-electron chi connectivity index (χ4n) is 8.53. The number of pyridine rings is 3. The molecule has 4 fully saturated rings. The van der Waals surface area contributed by atoms with Crippen molar-refractivity contribution in [3.05, 3.63) is 72.5 Å². The molecule has 5 heterocycles. The van der Waals surface area contributed by atoms with Gasteiger partial charge in [-0.05, 0) is 74.3 Å². The summed E-state index contributed by atoms with van der Waals surface area (Å²) < 4.78 is 18.7. The first-order valence-corrected chi connectivity index (χ1v) is 15.3. The van der Waals surface area contributed by atoms with Crippen molar-refractivity contribution in [2.24, 2.45) is 23.2 Å². The largest absolute Gasteiger partial charge is 0.478 e. The van der Waals surface area contributed by atoms with Crippen molar-refractivity contribution in [3.63, 3.8) is 0 Å². The molecule has 2 atom stereocenters. The standard InChI is InChI=1S/C33H33FN8O2/c1-19-24(16-39-42(19)17-33-11-20-5-6-21(12-33)9-22(8-20)13-33)25-15-37-31-29(28(25)32(43)44)38-18-41(31)23-10-26(34)30(36-14-23)40-27-4-2-3-7-35-27/h2-4,7,10,14-16,18,20-22H,5-6,8-9,11-13,17H2,1H3,(H,43,44)(H,35,36,40). The molecule has 0 radical (unpaired) electrons. The van der Waals surface area contributed by atoms with Crippen LogP contribution in [-0.2, 0) is 6.54 Å². The zero-order valence-corrected chi connectivity index (χ0v) is 24.4. The molecule has 4 aliphatic rings. The van der Waals surface area contributed by atoms with Crippen molar-refractivity contribution in [2.75, 3.05) is 5.32 Å². The first-order chi connectivity index (χ1) is 21.4. The van der Waals surface area contributed by atoms with Crippen LogP contribution in [0.25, 0.3) is 28.0 Å². The first kappa shape index (κ1) is 26.9. The minimum atomic E-state index is -1.11. The second-order valence-electron chi connectivity index (χ2n) is 13.1. The molecule has 0 amide bonds. The van der Waals surface area contributed by atoms with Gasteiger partial charge in [-0.2, -0.15) is 5.10 Å². The number of carboxylic acids is 1. The number of carbonyl (C=O) groups is 1. The van der Waals surface area contributed by atoms with Gasteiger partial charge in [0.25, 0.3) is 0 Å². The van der Waals surface area contributed by atoms with Crippen LogP contribution >= 0.6 is 0 Å². The molecule has 2 N–H and O–H groups in total. The minimum Gasteiger partial charge on any atom is -0.478 e. The Morgan fingerprint density at radius 2 is 1.82 bits per heavy atom. The van der Waals surface area contributed by atoms with E-state index in [0.29, 0.717) is 22.7 Å². The highest BCUT2D eigenvalue weighted by atomic mass is 19.1. The van der Waals surface area contributed by atoms with E-state index in [2.05, 4.69) is 29.9 Å². The number of hydrogen-bond acceptors (Lipinski definition) is 7. The molecule has 2 unspecified atom stereocenters. The Balaban J connectivity index is 1.12. The fourth-order valence-corrected chi connectivity index (χ4v) is 8.53. The van der Waals surface area contributed by atoms with E-state index in [-0.39, 0.29) is 22.3 Å². The Kier molecular flexibility index (Phi) is 6.25. The number of carboxylic acid groups (broad SMARTS) is 1. The number of aromatic carboxylic acids is 1. The Morgan fingerprint density at radius 3 is 2.55 bits per heavy atom. The van der Waals surface area contributed by atoms with Gasteiger partial charge in [-0.3, -0.25) is 9.25 Å². The summed E-state index contributed by atoms with van der Waals surface area (Å²) in [7, 11) is 0. The van der Waals surface area contributed by atoms with Crippen LogP contribution in [0.4, 0.5) is 16.0 Å². The molecular weight excluding hydrogens is 559 g/mol. The predicted molar refractivity (Wildman–Crippen MR) is 162 cm³/mol. The third-order valence-electron chi connectivity index (χ3n) is 10.2. The Morgan fingerprint density at radius 1 is 1.02 bits per heavy atom. The van der Waals surface area contributed by atoms with Crippen molar-refractivity contribution in [2.45, 2.75) is 58.4 Å². The first-order valence-electron chi connectivity index (χ1n) is 15.3. The molecule has 5 aromatic heterocycles. The maximum atomic E-state index is 15.0. The Hall–Kier alpha value is -4.67. The summed E-state index contributed by atoms with van der Waals surface area (Å²) >= 11 is 0. The maximum Gasteiger partial charge on any atom is 0.338 e. The third-order valence-corrected chi connectivity index (χ3v) is 10.2. The maximum absolute atomic E-state index is 15.0. The van der Waals surface area contributed by atoms with Crippen LogP contribution in [0, 0.1) is 35.9 Å². The van der Waals surface area contributed by atoms with Crippen LogP contribution in [0.2, 0.25) is 0 Å². The second-order valence-corrected chi connectivity index (χ2v) is 13.1. The zero-order valence-electron chi connectivity index (χ0n) is 24.4. The Labute approximate surface area is 253 Å². The summed E-state index contributed by atoms with van der Waals surface area (Å²) in [4.78, 5) is 30.1. The summed E-state index contributed by atoms with van der Waals surface area (Å²) in [6.45, 7) is 2.89. The van der Waals surface area contributed by atoms with Crippen LogP contribution in [0.1, 0.15) is 61.0 Å². The quantitative estimate of drug-likeness (QED) is 0.218. The summed E-state index contributed by atoms with van der Waals surface area (Å²) in [6.07, 6.45) is 17.2. The normalized spacial score (nSPS) is 24.1. The van der Waals surface area contributed by atoms with Crippen LogP contribution in [-0.4, -0.2) is 45.4 Å². The molecule has 0 spiro atoms. The molecule has 4 saturated carbocycles. The van der Waals surface area contributed by atoms with Gasteiger partial charge in [0.05, 0.1) is 23.6 Å². The topological polar surface area (TPSA) is 124 Å². The number of fused-ring (bicyclic) bond motifs is 2. The van der Waals surface area contributed by atoms with Gasteiger partial charge in [0.15, 0.2) is 17.3 Å². The molecule has 11 heteroatoms. The average molecular weight is 593 g/mol. The van der Waals surface area contributed by atoms with Crippen molar-refractivity contribution in [1.29, 1.82) is 0 Å². The smallest absolute Gasteiger partial charge is 0.338 e. The minimum absolute atomic E-state index is 0.0231. The van der Waals surface area contributed by atoms with Crippen molar-refractivity contribution in [3.8, 4) is 16.8 Å². The van der Waals surface area contributed by atoms with Crippen LogP contribution < -0.4 is 5.32 Å². The van der Waals surface area contributed by atoms with Crippen molar-refractivity contribution in [1.82, 2.24) is 34.3 Å². The summed E-state index contributed by atoms with van der Waals surface area (Å²) in [5.74, 6) is 1.28. The molecule has 0 aliphatic heterocycles. The highest BCUT2D eigenvalue weighted by Gasteiger charge is 2.48. The number of rotatable bonds is 7. The van der Waals surface area contributed by atoms with E-state index in [1.54, 1.807) is 41.4 Å². The molecule has 44 heavy (non-hydrogen) atoms. The lowest BCUT2D eigenvalue weighted by Crippen LogP contribution is -2.40. The van der Waals surface area contributed by atoms with Gasteiger partial charge < -0.3 is 10.4 Å². The summed E-state index contributed by atoms with van der Waals surface area (Å²) in [5, 5.41) is 18.0. The molecule has 0 aromatic carbocycles. The molecular formula is C33H33FN8O2. The van der Waals surface area contributed by atoms with E-state index in [1.165, 1.54) is 63.5 Å². The van der Waals surface area contributed by atoms with E-state index >= 15 is 4.39 Å². The molecule has 10 nitrogen and oxygen atoms in total. The van der Waals surface area contributed by atoms with Crippen LogP contribution in [0.15, 0.2) is 55.4 Å². The van der Waals surface area contributed by atoms with Crippen molar-refractivity contribution < 1.29 is 14.3 Å². The molecule has 0 saturated heterocycles. The predicted octanol–water partition coefficient (Wildman–Crippen LogP) is 6.57. The van der Waals surface area contributed by atoms with Gasteiger partial charge in [0.2, 0.25) is 0 Å². The SMILES string of the molecule is Cc1c(-c2cnc3c(ncn3-c3cnc(Nc4ccccn4)c(F)c3)c2C(=O)O)cnn1CC12CC3CCC(CC(C3)C1)C2. The van der Waals surface area contributed by atoms with Gasteiger partial charge >= 0.3 is 5.97 Å². The lowest BCUT2D eigenvalue weighted by atomic mass is 9.58. The van der Waals surface area contributed by atoms with Gasteiger partial charge in [0, 0.05) is 41.8 Å². The Bertz CT molecular complexity index is 1880. The van der Waals surface area contributed by atoms with E-state index < -0.39 is 11.8 Å². The lowest BCUT2D eigenvalue weighted by molar-refractivity contribution is 0.0169. The summed E-state index contributed by atoms with van der Waals surface area (Å²) in [6, 6.07) is 6.57. The molecule has 5 aromatic rings. The monoisotopic (exact) mass is 592 g/mol. The zero-order chi connectivity index (χ0) is 30.0. The number of hydrogen-bond donors (Lipinski definition) is 2. The molecule has 9 rings (SSSR count). The number of imidazole rings is 1. The van der Waals surface area contributed by atoms with Gasteiger partial charge in [0.1, 0.15) is 17.7 Å². The molecule has 4 aliphatic carbocycles. The number of halogens is 1. The average Bonchev–Trinajstić information content (AvgIpc) is 3.52. The fraction of sp³-hybridized carbons (Fsp3) is 0.394. The van der Waals surface area contributed by atoms with Gasteiger partial charge in [-0.15, -0.1) is 0 Å². The van der Waals surface area contributed by atoms with Crippen LogP contribution in [0.3, 0.4) is 0 Å². The number of aromatic nitrogens is 7. The second kappa shape index (κ2) is 10.2. The van der Waals surface area contributed by atoms with E-state index in [0.717, 1.165) is 35.6 Å². The van der Waals surface area contributed by atoms with E-state index in [4.69, 9.17) is 5.10 Å². The number of nitrogens with one attached hydrogen (secondary N) is 1. The van der Waals surface area contributed by atoms with Gasteiger partial charge in [-0.1, -0.05) is 18.9 Å².